The first kappa shape index (κ1) is 15.3. The molecule has 0 bridgehead atoms. The maximum atomic E-state index is 11.9. The third-order valence-corrected chi connectivity index (χ3v) is 3.42. The van der Waals surface area contributed by atoms with Crippen LogP contribution in [0.15, 0.2) is 0 Å². The summed E-state index contributed by atoms with van der Waals surface area (Å²) in [7, 11) is 1.83. The van der Waals surface area contributed by atoms with E-state index in [1.54, 1.807) is 4.90 Å². The molecule has 1 amide bonds. The molecule has 1 aliphatic rings. The number of hydrogen-bond acceptors (Lipinski definition) is 3. The van der Waals surface area contributed by atoms with Gasteiger partial charge in [-0.25, -0.2) is 4.79 Å². The molecule has 2 atom stereocenters. The molecule has 1 fully saturated rings. The van der Waals surface area contributed by atoms with Gasteiger partial charge in [-0.05, 0) is 66.0 Å². The maximum Gasteiger partial charge on any atom is 0.410 e. The number of hydrogen-bond donors (Lipinski definition) is 1. The van der Waals surface area contributed by atoms with Gasteiger partial charge in [0.2, 0.25) is 0 Å². The standard InChI is InChI=1S/C14H28N2O2/c1-11(9-12-7-6-8-15-10-12)16(5)13(17)18-14(2,3)4/h11-12,15H,6-10H2,1-5H3. The lowest BCUT2D eigenvalue weighted by molar-refractivity contribution is 0.0214. The molecule has 106 valence electrons. The van der Waals surface area contributed by atoms with Crippen LogP contribution in [-0.2, 0) is 4.74 Å². The molecular formula is C14H28N2O2. The van der Waals surface area contributed by atoms with E-state index in [4.69, 9.17) is 4.74 Å². The number of carbonyl (C=O) groups is 1. The van der Waals surface area contributed by atoms with Crippen LogP contribution in [0.1, 0.15) is 47.0 Å². The Morgan fingerprint density at radius 3 is 2.67 bits per heavy atom. The third-order valence-electron chi connectivity index (χ3n) is 3.42. The van der Waals surface area contributed by atoms with Crippen molar-refractivity contribution < 1.29 is 9.53 Å². The number of ether oxygens (including phenoxy) is 1. The van der Waals surface area contributed by atoms with Gasteiger partial charge >= 0.3 is 6.09 Å². The Kier molecular flexibility index (Phi) is 5.45. The molecule has 4 heteroatoms. The lowest BCUT2D eigenvalue weighted by Crippen LogP contribution is -2.41. The third kappa shape index (κ3) is 5.25. The summed E-state index contributed by atoms with van der Waals surface area (Å²) in [5.41, 5.74) is -0.419. The summed E-state index contributed by atoms with van der Waals surface area (Å²) in [6.07, 6.45) is 3.33. The highest BCUT2D eigenvalue weighted by Crippen LogP contribution is 2.19. The van der Waals surface area contributed by atoms with E-state index in [0.29, 0.717) is 5.92 Å². The lowest BCUT2D eigenvalue weighted by atomic mass is 9.93. The second-order valence-corrected chi connectivity index (χ2v) is 6.39. The van der Waals surface area contributed by atoms with E-state index in [1.807, 2.05) is 27.8 Å². The van der Waals surface area contributed by atoms with Gasteiger partial charge in [-0.2, -0.15) is 0 Å². The minimum Gasteiger partial charge on any atom is -0.444 e. The van der Waals surface area contributed by atoms with Gasteiger partial charge in [0.05, 0.1) is 0 Å². The predicted octanol–water partition coefficient (Wildman–Crippen LogP) is 2.63. The summed E-state index contributed by atoms with van der Waals surface area (Å²) < 4.78 is 5.38. The van der Waals surface area contributed by atoms with E-state index in [0.717, 1.165) is 19.5 Å². The second kappa shape index (κ2) is 6.41. The van der Waals surface area contributed by atoms with Gasteiger partial charge < -0.3 is 15.0 Å². The zero-order chi connectivity index (χ0) is 13.8. The lowest BCUT2D eigenvalue weighted by Gasteiger charge is -2.32. The summed E-state index contributed by atoms with van der Waals surface area (Å²) in [5.74, 6) is 0.679. The summed E-state index contributed by atoms with van der Waals surface area (Å²) in [5, 5.41) is 3.41. The Hall–Kier alpha value is -0.770. The zero-order valence-electron chi connectivity index (χ0n) is 12.5. The predicted molar refractivity (Wildman–Crippen MR) is 73.7 cm³/mol. The fourth-order valence-corrected chi connectivity index (χ4v) is 2.28. The molecule has 1 N–H and O–H groups in total. The number of nitrogens with zero attached hydrogens (tertiary/aromatic N) is 1. The number of carbonyl (C=O) groups excluding carboxylic acids is 1. The van der Waals surface area contributed by atoms with Crippen molar-refractivity contribution in [2.75, 3.05) is 20.1 Å². The van der Waals surface area contributed by atoms with E-state index in [9.17, 15) is 4.79 Å². The van der Waals surface area contributed by atoms with Crippen LogP contribution in [0.25, 0.3) is 0 Å². The van der Waals surface area contributed by atoms with Gasteiger partial charge in [0.15, 0.2) is 0 Å². The van der Waals surface area contributed by atoms with Gasteiger partial charge in [0.25, 0.3) is 0 Å². The minimum absolute atomic E-state index is 0.223. The van der Waals surface area contributed by atoms with Crippen LogP contribution in [0.3, 0.4) is 0 Å². The largest absolute Gasteiger partial charge is 0.444 e. The average molecular weight is 256 g/mol. The quantitative estimate of drug-likeness (QED) is 0.844. The van der Waals surface area contributed by atoms with E-state index in [1.165, 1.54) is 12.8 Å². The molecule has 1 saturated heterocycles. The molecule has 0 radical (unpaired) electrons. The van der Waals surface area contributed by atoms with Gasteiger partial charge in [0.1, 0.15) is 5.60 Å². The molecule has 1 heterocycles. The highest BCUT2D eigenvalue weighted by molar-refractivity contribution is 5.68. The van der Waals surface area contributed by atoms with Crippen LogP contribution < -0.4 is 5.32 Å². The van der Waals surface area contributed by atoms with E-state index >= 15 is 0 Å². The Bertz CT molecular complexity index is 267. The van der Waals surface area contributed by atoms with Crippen molar-refractivity contribution in [2.45, 2.75) is 58.6 Å². The monoisotopic (exact) mass is 256 g/mol. The molecule has 1 aliphatic heterocycles. The Balaban J connectivity index is 2.39. The number of nitrogens with one attached hydrogen (secondary N) is 1. The molecule has 0 aliphatic carbocycles. The summed E-state index contributed by atoms with van der Waals surface area (Å²) in [6.45, 7) is 10.00. The van der Waals surface area contributed by atoms with Crippen LogP contribution in [0.4, 0.5) is 4.79 Å². The average Bonchev–Trinajstić information content (AvgIpc) is 2.27. The first-order chi connectivity index (χ1) is 8.29. The van der Waals surface area contributed by atoms with Crippen LogP contribution in [-0.4, -0.2) is 42.8 Å². The molecule has 18 heavy (non-hydrogen) atoms. The van der Waals surface area contributed by atoms with Gasteiger partial charge in [0, 0.05) is 13.1 Å². The molecule has 0 saturated carbocycles. The fraction of sp³-hybridized carbons (Fsp3) is 0.929. The van der Waals surface area contributed by atoms with Gasteiger partial charge in [-0.3, -0.25) is 0 Å². The normalized spacial score (nSPS) is 22.4. The van der Waals surface area contributed by atoms with Crippen LogP contribution in [0.5, 0.6) is 0 Å². The molecule has 4 nitrogen and oxygen atoms in total. The van der Waals surface area contributed by atoms with Gasteiger partial charge in [-0.1, -0.05) is 0 Å². The first-order valence-corrected chi connectivity index (χ1v) is 6.96. The summed E-state index contributed by atoms with van der Waals surface area (Å²) >= 11 is 0. The minimum atomic E-state index is -0.419. The topological polar surface area (TPSA) is 41.6 Å². The van der Waals surface area contributed by atoms with Crippen molar-refractivity contribution in [3.05, 3.63) is 0 Å². The Morgan fingerprint density at radius 2 is 2.17 bits per heavy atom. The Labute approximate surface area is 111 Å². The number of amides is 1. The van der Waals surface area contributed by atoms with Crippen molar-refractivity contribution >= 4 is 6.09 Å². The molecular weight excluding hydrogens is 228 g/mol. The molecule has 0 aromatic rings. The fourth-order valence-electron chi connectivity index (χ4n) is 2.28. The van der Waals surface area contributed by atoms with E-state index in [2.05, 4.69) is 12.2 Å². The SMILES string of the molecule is CC(CC1CCCNC1)N(C)C(=O)OC(C)(C)C. The van der Waals surface area contributed by atoms with Crippen molar-refractivity contribution in [2.24, 2.45) is 5.92 Å². The van der Waals surface area contributed by atoms with E-state index < -0.39 is 5.60 Å². The maximum absolute atomic E-state index is 11.9. The number of piperidine rings is 1. The van der Waals surface area contributed by atoms with Crippen molar-refractivity contribution in [1.29, 1.82) is 0 Å². The van der Waals surface area contributed by atoms with Crippen molar-refractivity contribution in [1.82, 2.24) is 10.2 Å². The van der Waals surface area contributed by atoms with E-state index in [-0.39, 0.29) is 12.1 Å². The summed E-state index contributed by atoms with van der Waals surface area (Å²) in [4.78, 5) is 13.7. The highest BCUT2D eigenvalue weighted by atomic mass is 16.6. The highest BCUT2D eigenvalue weighted by Gasteiger charge is 2.25. The van der Waals surface area contributed by atoms with Gasteiger partial charge in [-0.15, -0.1) is 0 Å². The van der Waals surface area contributed by atoms with Crippen LogP contribution >= 0.6 is 0 Å². The molecule has 0 aromatic heterocycles. The smallest absolute Gasteiger partial charge is 0.410 e. The van der Waals surface area contributed by atoms with Crippen molar-refractivity contribution in [3.8, 4) is 0 Å². The van der Waals surface area contributed by atoms with Crippen molar-refractivity contribution in [3.63, 3.8) is 0 Å². The molecule has 0 aromatic carbocycles. The van der Waals surface area contributed by atoms with Crippen LogP contribution in [0.2, 0.25) is 0 Å². The molecule has 0 spiro atoms. The Morgan fingerprint density at radius 1 is 1.50 bits per heavy atom. The molecule has 1 rings (SSSR count). The molecule has 2 unspecified atom stereocenters. The second-order valence-electron chi connectivity index (χ2n) is 6.39. The first-order valence-electron chi connectivity index (χ1n) is 6.96. The zero-order valence-corrected chi connectivity index (χ0v) is 12.5. The van der Waals surface area contributed by atoms with Crippen LogP contribution in [0, 0.1) is 5.92 Å². The number of rotatable bonds is 3. The summed E-state index contributed by atoms with van der Waals surface area (Å²) in [6, 6.07) is 0.227.